The van der Waals surface area contributed by atoms with Gasteiger partial charge in [-0.25, -0.2) is 0 Å². The number of anilines is 2. The number of amides is 2. The minimum atomic E-state index is -0.488. The lowest BCUT2D eigenvalue weighted by molar-refractivity contribution is -0.118. The Bertz CT molecular complexity index is 841. The van der Waals surface area contributed by atoms with Crippen LogP contribution in [0.25, 0.3) is 0 Å². The van der Waals surface area contributed by atoms with Crippen LogP contribution in [0.3, 0.4) is 0 Å². The highest BCUT2D eigenvalue weighted by atomic mass is 35.5. The Labute approximate surface area is 151 Å². The Morgan fingerprint density at radius 1 is 0.960 bits per heavy atom. The molecule has 0 bridgehead atoms. The van der Waals surface area contributed by atoms with Crippen molar-refractivity contribution in [3.05, 3.63) is 59.1 Å². The molecule has 4 rings (SSSR count). The van der Waals surface area contributed by atoms with Crippen LogP contribution in [0.2, 0.25) is 5.02 Å². The molecule has 2 amide bonds. The van der Waals surface area contributed by atoms with Crippen molar-refractivity contribution in [1.82, 2.24) is 0 Å². The lowest BCUT2D eigenvalue weighted by Crippen LogP contribution is -2.27. The quantitative estimate of drug-likeness (QED) is 0.838. The average Bonchev–Trinajstić information content (AvgIpc) is 3.48. The van der Waals surface area contributed by atoms with Crippen LogP contribution in [0.1, 0.15) is 31.2 Å². The first-order valence-corrected chi connectivity index (χ1v) is 8.93. The van der Waals surface area contributed by atoms with E-state index in [4.69, 9.17) is 11.6 Å². The fraction of sp³-hybridized carbons (Fsp3) is 0.300. The Kier molecular flexibility index (Phi) is 4.00. The minimum absolute atomic E-state index is 0.0274. The normalized spacial score (nSPS) is 17.6. The number of nitrogens with one attached hydrogen (secondary N) is 2. The van der Waals surface area contributed by atoms with Gasteiger partial charge in [0, 0.05) is 22.3 Å². The number of hydrogen-bond donors (Lipinski definition) is 2. The first kappa shape index (κ1) is 16.2. The van der Waals surface area contributed by atoms with E-state index in [0.29, 0.717) is 16.4 Å². The van der Waals surface area contributed by atoms with E-state index < -0.39 is 5.41 Å². The number of carbonyl (C=O) groups excluding carboxylic acids is 2. The second-order valence-corrected chi connectivity index (χ2v) is 7.33. The van der Waals surface area contributed by atoms with Crippen LogP contribution in [0.15, 0.2) is 48.5 Å². The van der Waals surface area contributed by atoms with Crippen LogP contribution in [-0.2, 0) is 15.0 Å². The second kappa shape index (κ2) is 6.19. The van der Waals surface area contributed by atoms with E-state index in [1.54, 1.807) is 6.07 Å². The van der Waals surface area contributed by atoms with Crippen molar-refractivity contribution in [3.8, 4) is 0 Å². The summed E-state index contributed by atoms with van der Waals surface area (Å²) in [5, 5.41) is 6.53. The predicted octanol–water partition coefficient (Wildman–Crippen LogP) is 4.36. The van der Waals surface area contributed by atoms with E-state index in [9.17, 15) is 9.59 Å². The molecule has 128 valence electrons. The summed E-state index contributed by atoms with van der Waals surface area (Å²) >= 11 is 6.07. The molecule has 25 heavy (non-hydrogen) atoms. The second-order valence-electron chi connectivity index (χ2n) is 6.89. The third-order valence-corrected chi connectivity index (χ3v) is 5.13. The highest BCUT2D eigenvalue weighted by Crippen LogP contribution is 2.49. The SMILES string of the molecule is O=C(Nc1cccc(NC(=O)C2(c3cccc(Cl)c3)CC2)c1)C1CC1. The van der Waals surface area contributed by atoms with Gasteiger partial charge in [-0.3, -0.25) is 9.59 Å². The topological polar surface area (TPSA) is 58.2 Å². The molecule has 2 aliphatic rings. The zero-order valence-corrected chi connectivity index (χ0v) is 14.5. The molecule has 0 spiro atoms. The molecule has 0 heterocycles. The number of halogens is 1. The van der Waals surface area contributed by atoms with Gasteiger partial charge in [-0.05, 0) is 61.6 Å². The number of benzene rings is 2. The van der Waals surface area contributed by atoms with E-state index in [2.05, 4.69) is 10.6 Å². The molecule has 0 unspecified atom stereocenters. The van der Waals surface area contributed by atoms with Crippen molar-refractivity contribution in [3.63, 3.8) is 0 Å². The lowest BCUT2D eigenvalue weighted by Gasteiger charge is -2.16. The van der Waals surface area contributed by atoms with Gasteiger partial charge in [0.25, 0.3) is 0 Å². The summed E-state index contributed by atoms with van der Waals surface area (Å²) in [5.41, 5.74) is 1.86. The number of carbonyl (C=O) groups is 2. The van der Waals surface area contributed by atoms with Gasteiger partial charge in [0.2, 0.25) is 11.8 Å². The van der Waals surface area contributed by atoms with E-state index in [0.717, 1.165) is 31.2 Å². The monoisotopic (exact) mass is 354 g/mol. The molecular formula is C20H19ClN2O2. The molecule has 0 radical (unpaired) electrons. The van der Waals surface area contributed by atoms with Gasteiger partial charge in [-0.1, -0.05) is 29.8 Å². The molecule has 0 saturated heterocycles. The van der Waals surface area contributed by atoms with Gasteiger partial charge >= 0.3 is 0 Å². The molecular weight excluding hydrogens is 336 g/mol. The van der Waals surface area contributed by atoms with E-state index >= 15 is 0 Å². The maximum absolute atomic E-state index is 12.8. The zero-order chi connectivity index (χ0) is 17.4. The molecule has 2 aliphatic carbocycles. The fourth-order valence-corrected chi connectivity index (χ4v) is 3.26. The third kappa shape index (κ3) is 3.40. The molecule has 2 fully saturated rings. The maximum Gasteiger partial charge on any atom is 0.235 e. The Hall–Kier alpha value is -2.33. The summed E-state index contributed by atoms with van der Waals surface area (Å²) < 4.78 is 0. The molecule has 0 aromatic heterocycles. The molecule has 2 aromatic carbocycles. The van der Waals surface area contributed by atoms with Crippen molar-refractivity contribution in [2.24, 2.45) is 5.92 Å². The van der Waals surface area contributed by atoms with Gasteiger partial charge in [-0.15, -0.1) is 0 Å². The molecule has 2 N–H and O–H groups in total. The summed E-state index contributed by atoms with van der Waals surface area (Å²) in [6.45, 7) is 0. The number of hydrogen-bond acceptors (Lipinski definition) is 2. The summed E-state index contributed by atoms with van der Waals surface area (Å²) in [7, 11) is 0. The predicted molar refractivity (Wildman–Crippen MR) is 98.8 cm³/mol. The average molecular weight is 355 g/mol. The van der Waals surface area contributed by atoms with Gasteiger partial charge in [-0.2, -0.15) is 0 Å². The molecule has 4 nitrogen and oxygen atoms in total. The van der Waals surface area contributed by atoms with Crippen LogP contribution in [0.4, 0.5) is 11.4 Å². The Morgan fingerprint density at radius 3 is 2.28 bits per heavy atom. The standard InChI is InChI=1S/C20H19ClN2O2/c21-15-4-1-3-14(11-15)20(9-10-20)19(25)23-17-6-2-5-16(12-17)22-18(24)13-7-8-13/h1-6,11-13H,7-10H2,(H,22,24)(H,23,25). The van der Waals surface area contributed by atoms with Crippen molar-refractivity contribution in [2.45, 2.75) is 31.1 Å². The summed E-state index contributed by atoms with van der Waals surface area (Å²) in [6.07, 6.45) is 3.56. The number of rotatable bonds is 5. The van der Waals surface area contributed by atoms with E-state index in [1.807, 2.05) is 42.5 Å². The van der Waals surface area contributed by atoms with Crippen LogP contribution < -0.4 is 10.6 Å². The first-order valence-electron chi connectivity index (χ1n) is 8.55. The maximum atomic E-state index is 12.8. The van der Waals surface area contributed by atoms with Crippen molar-refractivity contribution in [1.29, 1.82) is 0 Å². The fourth-order valence-electron chi connectivity index (χ4n) is 3.07. The van der Waals surface area contributed by atoms with E-state index in [1.165, 1.54) is 0 Å². The highest BCUT2D eigenvalue weighted by Gasteiger charge is 2.51. The van der Waals surface area contributed by atoms with Gasteiger partial charge in [0.05, 0.1) is 5.41 Å². The molecule has 0 aliphatic heterocycles. The lowest BCUT2D eigenvalue weighted by atomic mass is 9.95. The summed E-state index contributed by atoms with van der Waals surface area (Å²) in [4.78, 5) is 24.7. The Morgan fingerprint density at radius 2 is 1.64 bits per heavy atom. The van der Waals surface area contributed by atoms with Crippen LogP contribution in [0.5, 0.6) is 0 Å². The van der Waals surface area contributed by atoms with E-state index in [-0.39, 0.29) is 17.7 Å². The summed E-state index contributed by atoms with van der Waals surface area (Å²) in [5.74, 6) is 0.178. The van der Waals surface area contributed by atoms with Gasteiger partial charge in [0.15, 0.2) is 0 Å². The van der Waals surface area contributed by atoms with Gasteiger partial charge in [0.1, 0.15) is 0 Å². The highest BCUT2D eigenvalue weighted by molar-refractivity contribution is 6.30. The molecule has 5 heteroatoms. The minimum Gasteiger partial charge on any atom is -0.326 e. The van der Waals surface area contributed by atoms with Crippen molar-refractivity contribution < 1.29 is 9.59 Å². The van der Waals surface area contributed by atoms with Crippen molar-refractivity contribution >= 4 is 34.8 Å². The zero-order valence-electron chi connectivity index (χ0n) is 13.7. The molecule has 2 saturated carbocycles. The third-order valence-electron chi connectivity index (χ3n) is 4.90. The van der Waals surface area contributed by atoms with Gasteiger partial charge < -0.3 is 10.6 Å². The van der Waals surface area contributed by atoms with Crippen molar-refractivity contribution in [2.75, 3.05) is 10.6 Å². The van der Waals surface area contributed by atoms with Crippen LogP contribution >= 0.6 is 11.6 Å². The largest absolute Gasteiger partial charge is 0.326 e. The molecule has 0 atom stereocenters. The first-order chi connectivity index (χ1) is 12.1. The smallest absolute Gasteiger partial charge is 0.235 e. The van der Waals surface area contributed by atoms with Crippen LogP contribution in [0, 0.1) is 5.92 Å². The van der Waals surface area contributed by atoms with Crippen LogP contribution in [-0.4, -0.2) is 11.8 Å². The Balaban J connectivity index is 1.48. The molecule has 2 aromatic rings. The summed E-state index contributed by atoms with van der Waals surface area (Å²) in [6, 6.07) is 14.8.